The van der Waals surface area contributed by atoms with Crippen molar-refractivity contribution in [2.45, 2.75) is 33.1 Å². The maximum Gasteiger partial charge on any atom is 0.309 e. The van der Waals surface area contributed by atoms with E-state index in [1.165, 1.54) is 0 Å². The number of nitrogens with zero attached hydrogens (tertiary/aromatic N) is 3. The molecule has 1 aliphatic rings. The third-order valence-corrected chi connectivity index (χ3v) is 4.39. The molecule has 1 fully saturated rings. The van der Waals surface area contributed by atoms with Crippen molar-refractivity contribution in [3.05, 3.63) is 0 Å². The Bertz CT molecular complexity index is 402. The number of hydrogen-bond acceptors (Lipinski definition) is 5. The summed E-state index contributed by atoms with van der Waals surface area (Å²) < 4.78 is 10.2. The van der Waals surface area contributed by atoms with Gasteiger partial charge in [0, 0.05) is 39.8 Å². The third-order valence-electron chi connectivity index (χ3n) is 4.39. The Kier molecular flexibility index (Phi) is 15.1. The van der Waals surface area contributed by atoms with Gasteiger partial charge >= 0.3 is 5.97 Å². The summed E-state index contributed by atoms with van der Waals surface area (Å²) >= 11 is 0. The van der Waals surface area contributed by atoms with Crippen molar-refractivity contribution >= 4 is 35.9 Å². The Labute approximate surface area is 175 Å². The molecule has 0 radical (unpaired) electrons. The van der Waals surface area contributed by atoms with Gasteiger partial charge in [-0.3, -0.25) is 9.79 Å². The van der Waals surface area contributed by atoms with Gasteiger partial charge in [-0.2, -0.15) is 0 Å². The van der Waals surface area contributed by atoms with E-state index in [-0.39, 0.29) is 35.9 Å². The molecule has 1 heterocycles. The zero-order chi connectivity index (χ0) is 18.5. The van der Waals surface area contributed by atoms with Crippen molar-refractivity contribution in [2.75, 3.05) is 66.6 Å². The smallest absolute Gasteiger partial charge is 0.309 e. The van der Waals surface area contributed by atoms with Crippen LogP contribution in [0.4, 0.5) is 0 Å². The van der Waals surface area contributed by atoms with Crippen LogP contribution in [0.1, 0.15) is 33.1 Å². The maximum absolute atomic E-state index is 11.8. The molecule has 1 N–H and O–H groups in total. The molecule has 7 nitrogen and oxygen atoms in total. The van der Waals surface area contributed by atoms with Crippen LogP contribution in [-0.2, 0) is 14.3 Å². The molecular formula is C18H37IN4O3. The lowest BCUT2D eigenvalue weighted by atomic mass is 9.97. The van der Waals surface area contributed by atoms with Crippen molar-refractivity contribution in [1.82, 2.24) is 15.1 Å². The summed E-state index contributed by atoms with van der Waals surface area (Å²) in [6.07, 6.45) is 2.69. The number of hydrogen-bond donors (Lipinski definition) is 1. The largest absolute Gasteiger partial charge is 0.466 e. The minimum absolute atomic E-state index is 0. The molecule has 0 saturated carbocycles. The summed E-state index contributed by atoms with van der Waals surface area (Å²) in [5, 5.41) is 3.37. The molecule has 0 aromatic heterocycles. The van der Waals surface area contributed by atoms with Crippen LogP contribution < -0.4 is 5.32 Å². The number of guanidine groups is 1. The number of rotatable bonds is 10. The summed E-state index contributed by atoms with van der Waals surface area (Å²) in [5.41, 5.74) is 0. The van der Waals surface area contributed by atoms with E-state index >= 15 is 0 Å². The zero-order valence-electron chi connectivity index (χ0n) is 16.8. The molecule has 26 heavy (non-hydrogen) atoms. The molecule has 0 aromatic rings. The normalized spacial score (nSPS) is 15.7. The number of aliphatic imine (C=N–C) groups is 1. The number of nitrogens with one attached hydrogen (secondary N) is 1. The van der Waals surface area contributed by atoms with E-state index in [4.69, 9.17) is 14.5 Å². The SMILES string of the molecule is CCNC(=NCCCN(C)CCOC)N1CCC(C(=O)OCC)CC1.I. The summed E-state index contributed by atoms with van der Waals surface area (Å²) in [5.74, 6) is 0.945. The highest BCUT2D eigenvalue weighted by Gasteiger charge is 2.27. The van der Waals surface area contributed by atoms with Crippen LogP contribution in [0, 0.1) is 5.92 Å². The van der Waals surface area contributed by atoms with E-state index in [1.54, 1.807) is 7.11 Å². The molecule has 0 unspecified atom stereocenters. The van der Waals surface area contributed by atoms with Crippen LogP contribution in [0.15, 0.2) is 4.99 Å². The first-order chi connectivity index (χ1) is 12.1. The Hall–Kier alpha value is -0.610. The van der Waals surface area contributed by atoms with Crippen molar-refractivity contribution in [1.29, 1.82) is 0 Å². The van der Waals surface area contributed by atoms with Crippen molar-refractivity contribution < 1.29 is 14.3 Å². The third kappa shape index (κ3) is 9.91. The van der Waals surface area contributed by atoms with Crippen LogP contribution in [0.5, 0.6) is 0 Å². The average molecular weight is 484 g/mol. The number of ether oxygens (including phenoxy) is 2. The molecule has 1 aliphatic heterocycles. The fourth-order valence-corrected chi connectivity index (χ4v) is 2.90. The molecule has 0 bridgehead atoms. The van der Waals surface area contributed by atoms with Crippen LogP contribution in [0.25, 0.3) is 0 Å². The molecule has 0 aliphatic carbocycles. The van der Waals surface area contributed by atoms with Crippen LogP contribution in [-0.4, -0.2) is 88.4 Å². The van der Waals surface area contributed by atoms with E-state index in [0.29, 0.717) is 6.61 Å². The summed E-state index contributed by atoms with van der Waals surface area (Å²) in [4.78, 5) is 21.1. The summed E-state index contributed by atoms with van der Waals surface area (Å²) in [6, 6.07) is 0. The summed E-state index contributed by atoms with van der Waals surface area (Å²) in [6.45, 7) is 10.5. The molecule has 0 spiro atoms. The number of halogens is 1. The van der Waals surface area contributed by atoms with E-state index in [1.807, 2.05) is 6.92 Å². The van der Waals surface area contributed by atoms with Crippen molar-refractivity contribution in [3.8, 4) is 0 Å². The number of likely N-dealkylation sites (N-methyl/N-ethyl adjacent to an activating group) is 1. The number of esters is 1. The monoisotopic (exact) mass is 484 g/mol. The number of likely N-dealkylation sites (tertiary alicyclic amines) is 1. The number of carbonyl (C=O) groups is 1. The van der Waals surface area contributed by atoms with Gasteiger partial charge in [-0.25, -0.2) is 0 Å². The van der Waals surface area contributed by atoms with E-state index in [9.17, 15) is 4.79 Å². The highest BCUT2D eigenvalue weighted by molar-refractivity contribution is 14.0. The van der Waals surface area contributed by atoms with Crippen molar-refractivity contribution in [2.24, 2.45) is 10.9 Å². The van der Waals surface area contributed by atoms with Crippen LogP contribution >= 0.6 is 24.0 Å². The fraction of sp³-hybridized carbons (Fsp3) is 0.889. The predicted octanol–water partition coefficient (Wildman–Crippen LogP) is 1.81. The van der Waals surface area contributed by atoms with E-state index in [0.717, 1.165) is 71.1 Å². The van der Waals surface area contributed by atoms with Gasteiger partial charge in [-0.1, -0.05) is 0 Å². The summed E-state index contributed by atoms with van der Waals surface area (Å²) in [7, 11) is 3.83. The number of carbonyl (C=O) groups excluding carboxylic acids is 1. The number of methoxy groups -OCH3 is 1. The van der Waals surface area contributed by atoms with Crippen LogP contribution in [0.3, 0.4) is 0 Å². The molecular weight excluding hydrogens is 447 g/mol. The van der Waals surface area contributed by atoms with Gasteiger partial charge in [-0.05, 0) is 46.7 Å². The molecule has 1 rings (SSSR count). The van der Waals surface area contributed by atoms with Gasteiger partial charge < -0.3 is 24.6 Å². The quantitative estimate of drug-likeness (QED) is 0.168. The lowest BCUT2D eigenvalue weighted by Gasteiger charge is -2.33. The van der Waals surface area contributed by atoms with Crippen LogP contribution in [0.2, 0.25) is 0 Å². The molecule has 154 valence electrons. The lowest BCUT2D eigenvalue weighted by molar-refractivity contribution is -0.149. The molecule has 0 atom stereocenters. The predicted molar refractivity (Wildman–Crippen MR) is 116 cm³/mol. The van der Waals surface area contributed by atoms with Gasteiger partial charge in [0.05, 0.1) is 19.1 Å². The maximum atomic E-state index is 11.8. The first kappa shape index (κ1) is 25.4. The van der Waals surface area contributed by atoms with E-state index < -0.39 is 0 Å². The standard InChI is InChI=1S/C18H36N4O3.HI/c1-5-19-18(20-10-7-11-21(3)14-15-24-4)22-12-8-16(9-13-22)17(23)25-6-2;/h16H,5-15H2,1-4H3,(H,19,20);1H. The molecule has 8 heteroatoms. The van der Waals surface area contributed by atoms with Gasteiger partial charge in [0.1, 0.15) is 0 Å². The molecule has 0 amide bonds. The van der Waals surface area contributed by atoms with Gasteiger partial charge in [0.25, 0.3) is 0 Å². The first-order valence-corrected chi connectivity index (χ1v) is 9.49. The Morgan fingerprint density at radius 1 is 1.27 bits per heavy atom. The fourth-order valence-electron chi connectivity index (χ4n) is 2.90. The second-order valence-corrected chi connectivity index (χ2v) is 6.40. The Morgan fingerprint density at radius 3 is 2.54 bits per heavy atom. The average Bonchev–Trinajstić information content (AvgIpc) is 2.63. The minimum atomic E-state index is -0.0526. The lowest BCUT2D eigenvalue weighted by Crippen LogP contribution is -2.46. The van der Waals surface area contributed by atoms with Crippen molar-refractivity contribution in [3.63, 3.8) is 0 Å². The van der Waals surface area contributed by atoms with Gasteiger partial charge in [-0.15, -0.1) is 24.0 Å². The second kappa shape index (κ2) is 15.4. The second-order valence-electron chi connectivity index (χ2n) is 6.40. The van der Waals surface area contributed by atoms with Gasteiger partial charge in [0.15, 0.2) is 5.96 Å². The van der Waals surface area contributed by atoms with E-state index in [2.05, 4.69) is 29.1 Å². The minimum Gasteiger partial charge on any atom is -0.466 e. The molecule has 0 aromatic carbocycles. The highest BCUT2D eigenvalue weighted by Crippen LogP contribution is 2.18. The van der Waals surface area contributed by atoms with Gasteiger partial charge in [0.2, 0.25) is 0 Å². The highest BCUT2D eigenvalue weighted by atomic mass is 127. The Morgan fingerprint density at radius 2 is 1.96 bits per heavy atom. The number of piperidine rings is 1. The molecule has 1 saturated heterocycles. The topological polar surface area (TPSA) is 66.4 Å². The zero-order valence-corrected chi connectivity index (χ0v) is 19.2. The first-order valence-electron chi connectivity index (χ1n) is 9.49. The Balaban J connectivity index is 0.00000625.